The summed E-state index contributed by atoms with van der Waals surface area (Å²) in [6.07, 6.45) is 2.16. The summed E-state index contributed by atoms with van der Waals surface area (Å²) in [5.74, 6) is 0.581. The fourth-order valence-electron chi connectivity index (χ4n) is 2.14. The van der Waals surface area contributed by atoms with Crippen molar-refractivity contribution in [1.82, 2.24) is 4.98 Å². The van der Waals surface area contributed by atoms with Crippen molar-refractivity contribution < 1.29 is 0 Å². The maximum absolute atomic E-state index is 5.82. The Hall–Kier alpha value is -0.710. The molecule has 0 spiro atoms. The zero-order valence-electron chi connectivity index (χ0n) is 9.27. The molecule has 1 aromatic heterocycles. The third-order valence-electron chi connectivity index (χ3n) is 3.22. The van der Waals surface area contributed by atoms with Gasteiger partial charge in [0, 0.05) is 27.4 Å². The number of nitrogens with zero attached hydrogens (tertiary/aromatic N) is 1. The average molecular weight is 309 g/mol. The topological polar surface area (TPSA) is 38.9 Å². The number of aromatic nitrogens is 1. The maximum Gasteiger partial charge on any atom is 0.124 e. The molecule has 0 amide bonds. The minimum atomic E-state index is 0.383. The van der Waals surface area contributed by atoms with E-state index in [-0.39, 0.29) is 0 Å². The number of rotatable bonds is 2. The first-order valence-corrected chi connectivity index (χ1v) is 7.37. The lowest BCUT2D eigenvalue weighted by atomic mass is 9.79. The van der Waals surface area contributed by atoms with Gasteiger partial charge in [0.15, 0.2) is 0 Å². The first-order chi connectivity index (χ1) is 8.24. The summed E-state index contributed by atoms with van der Waals surface area (Å²) in [5, 5.41) is 3.26. The molecule has 0 bridgehead atoms. The fourth-order valence-corrected chi connectivity index (χ4v) is 3.68. The summed E-state index contributed by atoms with van der Waals surface area (Å²) in [4.78, 5) is 4.73. The van der Waals surface area contributed by atoms with Crippen molar-refractivity contribution in [2.75, 3.05) is 0 Å². The first-order valence-electron chi connectivity index (χ1n) is 5.70. The van der Waals surface area contributed by atoms with Gasteiger partial charge in [-0.1, -0.05) is 34.1 Å². The second-order valence-corrected chi connectivity index (χ2v) is 6.20. The van der Waals surface area contributed by atoms with Crippen LogP contribution in [-0.2, 0) is 0 Å². The van der Waals surface area contributed by atoms with E-state index in [0.717, 1.165) is 22.3 Å². The van der Waals surface area contributed by atoms with Crippen LogP contribution in [0.3, 0.4) is 0 Å². The van der Waals surface area contributed by atoms with Gasteiger partial charge in [-0.15, -0.1) is 11.3 Å². The first kappa shape index (κ1) is 11.4. The van der Waals surface area contributed by atoms with Gasteiger partial charge in [0.1, 0.15) is 5.01 Å². The molecule has 4 heteroatoms. The molecule has 0 aliphatic heterocycles. The Labute approximate surface area is 113 Å². The van der Waals surface area contributed by atoms with E-state index in [2.05, 4.69) is 33.4 Å². The smallest absolute Gasteiger partial charge is 0.124 e. The highest BCUT2D eigenvalue weighted by molar-refractivity contribution is 9.10. The standard InChI is InChI=1S/C13H13BrN2S/c14-11-4-2-1-3-10(11)13-16-12(7-17-13)8-5-9(15)6-8/h1-4,7-9H,5-6,15H2. The summed E-state index contributed by atoms with van der Waals surface area (Å²) in [6, 6.07) is 8.59. The van der Waals surface area contributed by atoms with E-state index in [1.165, 1.54) is 11.3 Å². The highest BCUT2D eigenvalue weighted by Gasteiger charge is 2.29. The Balaban J connectivity index is 1.88. The van der Waals surface area contributed by atoms with Gasteiger partial charge in [-0.25, -0.2) is 4.98 Å². The van der Waals surface area contributed by atoms with E-state index in [1.807, 2.05) is 12.1 Å². The Morgan fingerprint density at radius 1 is 1.29 bits per heavy atom. The Morgan fingerprint density at radius 2 is 2.06 bits per heavy atom. The molecule has 0 atom stereocenters. The highest BCUT2D eigenvalue weighted by atomic mass is 79.9. The molecule has 1 aromatic carbocycles. The van der Waals surface area contributed by atoms with Gasteiger partial charge in [-0.05, 0) is 18.9 Å². The lowest BCUT2D eigenvalue weighted by Gasteiger charge is -2.30. The van der Waals surface area contributed by atoms with E-state index in [9.17, 15) is 0 Å². The molecule has 1 saturated carbocycles. The molecule has 88 valence electrons. The predicted octanol–water partition coefficient (Wildman–Crippen LogP) is 3.78. The molecular weight excluding hydrogens is 296 g/mol. The molecule has 1 heterocycles. The van der Waals surface area contributed by atoms with Crippen molar-refractivity contribution in [2.45, 2.75) is 24.8 Å². The molecule has 1 fully saturated rings. The number of benzene rings is 1. The lowest BCUT2D eigenvalue weighted by molar-refractivity contribution is 0.346. The van der Waals surface area contributed by atoms with Gasteiger partial charge in [-0.2, -0.15) is 0 Å². The zero-order valence-corrected chi connectivity index (χ0v) is 11.7. The largest absolute Gasteiger partial charge is 0.328 e. The molecule has 0 unspecified atom stereocenters. The van der Waals surface area contributed by atoms with Crippen LogP contribution in [0.15, 0.2) is 34.1 Å². The van der Waals surface area contributed by atoms with Crippen molar-refractivity contribution in [1.29, 1.82) is 0 Å². The number of hydrogen-bond acceptors (Lipinski definition) is 3. The summed E-state index contributed by atoms with van der Waals surface area (Å²) in [5.41, 5.74) is 8.20. The molecule has 1 aliphatic rings. The molecule has 2 aromatic rings. The van der Waals surface area contributed by atoms with E-state index >= 15 is 0 Å². The minimum Gasteiger partial charge on any atom is -0.328 e. The normalized spacial score (nSPS) is 23.4. The van der Waals surface area contributed by atoms with E-state index in [1.54, 1.807) is 11.3 Å². The summed E-state index contributed by atoms with van der Waals surface area (Å²) in [6.45, 7) is 0. The van der Waals surface area contributed by atoms with E-state index in [0.29, 0.717) is 12.0 Å². The third-order valence-corrected chi connectivity index (χ3v) is 4.80. The van der Waals surface area contributed by atoms with Crippen LogP contribution in [0.5, 0.6) is 0 Å². The van der Waals surface area contributed by atoms with Crippen molar-refractivity contribution in [3.05, 3.63) is 39.8 Å². The second-order valence-electron chi connectivity index (χ2n) is 4.49. The molecule has 0 radical (unpaired) electrons. The van der Waals surface area contributed by atoms with Crippen LogP contribution in [0.4, 0.5) is 0 Å². The zero-order chi connectivity index (χ0) is 11.8. The third kappa shape index (κ3) is 2.17. The lowest BCUT2D eigenvalue weighted by Crippen LogP contribution is -2.34. The SMILES string of the molecule is NC1CC(c2csc(-c3ccccc3Br)n2)C1. The molecule has 3 rings (SSSR count). The molecule has 1 aliphatic carbocycles. The monoisotopic (exact) mass is 308 g/mol. The van der Waals surface area contributed by atoms with Crippen LogP contribution in [0.25, 0.3) is 10.6 Å². The van der Waals surface area contributed by atoms with Crippen molar-refractivity contribution in [3.63, 3.8) is 0 Å². The number of nitrogens with two attached hydrogens (primary N) is 1. The minimum absolute atomic E-state index is 0.383. The Bertz CT molecular complexity index is 532. The van der Waals surface area contributed by atoms with Crippen molar-refractivity contribution in [2.24, 2.45) is 5.73 Å². The molecule has 0 saturated heterocycles. The number of halogens is 1. The summed E-state index contributed by atoms with van der Waals surface area (Å²) >= 11 is 5.28. The van der Waals surface area contributed by atoms with Crippen LogP contribution < -0.4 is 5.73 Å². The average Bonchev–Trinajstić information content (AvgIpc) is 2.74. The maximum atomic E-state index is 5.82. The summed E-state index contributed by atoms with van der Waals surface area (Å²) < 4.78 is 1.10. The second kappa shape index (κ2) is 4.52. The van der Waals surface area contributed by atoms with Crippen LogP contribution in [-0.4, -0.2) is 11.0 Å². The molecular formula is C13H13BrN2S. The van der Waals surface area contributed by atoms with Crippen LogP contribution >= 0.6 is 27.3 Å². The number of hydrogen-bond donors (Lipinski definition) is 1. The van der Waals surface area contributed by atoms with Gasteiger partial charge in [0.2, 0.25) is 0 Å². The van der Waals surface area contributed by atoms with Gasteiger partial charge >= 0.3 is 0 Å². The highest BCUT2D eigenvalue weighted by Crippen LogP contribution is 2.38. The van der Waals surface area contributed by atoms with Crippen LogP contribution in [0.2, 0.25) is 0 Å². The van der Waals surface area contributed by atoms with Gasteiger partial charge in [0.05, 0.1) is 5.69 Å². The van der Waals surface area contributed by atoms with Gasteiger partial charge < -0.3 is 5.73 Å². The van der Waals surface area contributed by atoms with Gasteiger partial charge in [-0.3, -0.25) is 0 Å². The van der Waals surface area contributed by atoms with Gasteiger partial charge in [0.25, 0.3) is 0 Å². The number of thiazole rings is 1. The Kier molecular flexibility index (Phi) is 3.03. The van der Waals surface area contributed by atoms with E-state index < -0.39 is 0 Å². The Morgan fingerprint density at radius 3 is 2.76 bits per heavy atom. The van der Waals surface area contributed by atoms with Crippen LogP contribution in [0, 0.1) is 0 Å². The fraction of sp³-hybridized carbons (Fsp3) is 0.308. The molecule has 17 heavy (non-hydrogen) atoms. The summed E-state index contributed by atoms with van der Waals surface area (Å²) in [7, 11) is 0. The van der Waals surface area contributed by atoms with Crippen molar-refractivity contribution >= 4 is 27.3 Å². The quantitative estimate of drug-likeness (QED) is 0.917. The predicted molar refractivity (Wildman–Crippen MR) is 75.2 cm³/mol. The van der Waals surface area contributed by atoms with Crippen LogP contribution in [0.1, 0.15) is 24.5 Å². The molecule has 2 nitrogen and oxygen atoms in total. The van der Waals surface area contributed by atoms with E-state index in [4.69, 9.17) is 10.7 Å². The van der Waals surface area contributed by atoms with Crippen molar-refractivity contribution in [3.8, 4) is 10.6 Å². The molecule has 2 N–H and O–H groups in total.